The molecule has 0 N–H and O–H groups in total. The van der Waals surface area contributed by atoms with Gasteiger partial charge in [-0.3, -0.25) is 14.6 Å². The van der Waals surface area contributed by atoms with Gasteiger partial charge < -0.3 is 9.80 Å². The van der Waals surface area contributed by atoms with Crippen LogP contribution in [0.2, 0.25) is 0 Å². The maximum atomic E-state index is 13.3. The Labute approximate surface area is 185 Å². The fourth-order valence-corrected chi connectivity index (χ4v) is 4.02. The van der Waals surface area contributed by atoms with Crippen LogP contribution in [0.4, 0.5) is 0 Å². The third-order valence-electron chi connectivity index (χ3n) is 5.53. The van der Waals surface area contributed by atoms with E-state index in [0.29, 0.717) is 39.0 Å². The van der Waals surface area contributed by atoms with Crippen LogP contribution in [-0.2, 0) is 16.0 Å². The van der Waals surface area contributed by atoms with Gasteiger partial charge in [0.2, 0.25) is 11.8 Å². The van der Waals surface area contributed by atoms with E-state index in [1.807, 2.05) is 34.2 Å². The molecule has 5 nitrogen and oxygen atoms in total. The highest BCUT2D eigenvalue weighted by Crippen LogP contribution is 2.25. The Morgan fingerprint density at radius 1 is 1.19 bits per heavy atom. The number of carbonyl (C=O) groups is 2. The van der Waals surface area contributed by atoms with Crippen molar-refractivity contribution in [2.24, 2.45) is 11.3 Å². The maximum Gasteiger partial charge on any atom is 0.228 e. The van der Waals surface area contributed by atoms with E-state index in [0.717, 1.165) is 16.7 Å². The summed E-state index contributed by atoms with van der Waals surface area (Å²) in [5.41, 5.74) is 3.13. The highest BCUT2D eigenvalue weighted by atomic mass is 16.2. The van der Waals surface area contributed by atoms with Crippen molar-refractivity contribution < 1.29 is 9.59 Å². The lowest BCUT2D eigenvalue weighted by molar-refractivity contribution is -0.135. The zero-order valence-electron chi connectivity index (χ0n) is 18.9. The number of carbonyl (C=O) groups excluding carboxylic acids is 2. The molecule has 1 aromatic carbocycles. The van der Waals surface area contributed by atoms with Crippen LogP contribution in [0, 0.1) is 11.3 Å². The molecule has 31 heavy (non-hydrogen) atoms. The first-order chi connectivity index (χ1) is 14.8. The Hall–Kier alpha value is -2.95. The summed E-state index contributed by atoms with van der Waals surface area (Å²) in [4.78, 5) is 34.1. The van der Waals surface area contributed by atoms with Crippen LogP contribution in [0.5, 0.6) is 0 Å². The van der Waals surface area contributed by atoms with Gasteiger partial charge in [0.1, 0.15) is 0 Å². The molecule has 0 bridgehead atoms. The lowest BCUT2D eigenvalue weighted by atomic mass is 9.91. The molecule has 0 saturated carbocycles. The number of amides is 2. The SMILES string of the molecule is C=CCN1CCN(C(=O)CC(C)(C)C)C[C@H](Cc2cccc(-c3cccnc3)c2)C1=O. The first-order valence-corrected chi connectivity index (χ1v) is 10.9. The summed E-state index contributed by atoms with van der Waals surface area (Å²) in [6.45, 7) is 12.1. The first kappa shape index (κ1) is 22.7. The molecule has 164 valence electrons. The Balaban J connectivity index is 1.83. The lowest BCUT2D eigenvalue weighted by Crippen LogP contribution is -2.38. The Bertz CT molecular complexity index is 918. The minimum absolute atomic E-state index is 0.0816. The average molecular weight is 420 g/mol. The average Bonchev–Trinajstić information content (AvgIpc) is 2.88. The van der Waals surface area contributed by atoms with Crippen LogP contribution in [0.15, 0.2) is 61.4 Å². The highest BCUT2D eigenvalue weighted by molar-refractivity contribution is 5.82. The van der Waals surface area contributed by atoms with Crippen molar-refractivity contribution >= 4 is 11.8 Å². The van der Waals surface area contributed by atoms with E-state index in [1.54, 1.807) is 12.3 Å². The molecule has 2 heterocycles. The van der Waals surface area contributed by atoms with E-state index in [-0.39, 0.29) is 23.1 Å². The van der Waals surface area contributed by atoms with Gasteiger partial charge >= 0.3 is 0 Å². The summed E-state index contributed by atoms with van der Waals surface area (Å²) in [6.07, 6.45) is 6.43. The van der Waals surface area contributed by atoms with Crippen LogP contribution in [0.25, 0.3) is 11.1 Å². The maximum absolute atomic E-state index is 13.3. The van der Waals surface area contributed by atoms with Gasteiger partial charge in [-0.25, -0.2) is 0 Å². The van der Waals surface area contributed by atoms with Gasteiger partial charge in [-0.1, -0.05) is 57.2 Å². The molecular formula is C26H33N3O2. The van der Waals surface area contributed by atoms with E-state index >= 15 is 0 Å². The Kier molecular flexibility index (Phi) is 7.26. The normalized spacial score (nSPS) is 17.4. The third-order valence-corrected chi connectivity index (χ3v) is 5.53. The van der Waals surface area contributed by atoms with Crippen LogP contribution in [0.1, 0.15) is 32.8 Å². The quantitative estimate of drug-likeness (QED) is 0.660. The van der Waals surface area contributed by atoms with Gasteiger partial charge in [-0.15, -0.1) is 6.58 Å². The second-order valence-corrected chi connectivity index (χ2v) is 9.49. The van der Waals surface area contributed by atoms with Crippen LogP contribution in [-0.4, -0.2) is 52.8 Å². The molecular weight excluding hydrogens is 386 g/mol. The summed E-state index contributed by atoms with van der Waals surface area (Å²) >= 11 is 0. The van der Waals surface area contributed by atoms with Crippen molar-refractivity contribution in [2.45, 2.75) is 33.6 Å². The summed E-state index contributed by atoms with van der Waals surface area (Å²) in [6, 6.07) is 12.2. The monoisotopic (exact) mass is 419 g/mol. The molecule has 1 fully saturated rings. The predicted octanol–water partition coefficient (Wildman–Crippen LogP) is 4.20. The fraction of sp³-hybridized carbons (Fsp3) is 0.423. The second kappa shape index (κ2) is 9.90. The van der Waals surface area contributed by atoms with Crippen molar-refractivity contribution in [1.29, 1.82) is 0 Å². The number of rotatable bonds is 6. The third kappa shape index (κ3) is 6.27. The highest BCUT2D eigenvalue weighted by Gasteiger charge is 2.33. The molecule has 2 amide bonds. The molecule has 1 saturated heterocycles. The molecule has 3 rings (SSSR count). The zero-order chi connectivity index (χ0) is 22.4. The minimum atomic E-state index is -0.268. The summed E-state index contributed by atoms with van der Waals surface area (Å²) in [5, 5.41) is 0. The Morgan fingerprint density at radius 3 is 2.65 bits per heavy atom. The number of nitrogens with zero attached hydrogens (tertiary/aromatic N) is 3. The smallest absolute Gasteiger partial charge is 0.228 e. The molecule has 2 aromatic rings. The van der Waals surface area contributed by atoms with Crippen molar-refractivity contribution in [3.63, 3.8) is 0 Å². The molecule has 5 heteroatoms. The van der Waals surface area contributed by atoms with E-state index in [4.69, 9.17) is 0 Å². The largest absolute Gasteiger partial charge is 0.340 e. The first-order valence-electron chi connectivity index (χ1n) is 10.9. The topological polar surface area (TPSA) is 53.5 Å². The van der Waals surface area contributed by atoms with Crippen LogP contribution >= 0.6 is 0 Å². The molecule has 1 atom stereocenters. The molecule has 0 radical (unpaired) electrons. The zero-order valence-corrected chi connectivity index (χ0v) is 18.9. The van der Waals surface area contributed by atoms with E-state index in [2.05, 4.69) is 50.5 Å². The molecule has 0 aliphatic carbocycles. The van der Waals surface area contributed by atoms with Gasteiger partial charge in [0.05, 0.1) is 5.92 Å². The van der Waals surface area contributed by atoms with Gasteiger partial charge in [-0.2, -0.15) is 0 Å². The second-order valence-electron chi connectivity index (χ2n) is 9.49. The molecule has 0 spiro atoms. The minimum Gasteiger partial charge on any atom is -0.340 e. The van der Waals surface area contributed by atoms with E-state index in [1.165, 1.54) is 0 Å². The van der Waals surface area contributed by atoms with Gasteiger partial charge in [0, 0.05) is 45.0 Å². The van der Waals surface area contributed by atoms with E-state index < -0.39 is 0 Å². The van der Waals surface area contributed by atoms with E-state index in [9.17, 15) is 9.59 Å². The molecule has 1 aromatic heterocycles. The van der Waals surface area contributed by atoms with Crippen molar-refractivity contribution in [3.8, 4) is 11.1 Å². The number of benzene rings is 1. The lowest BCUT2D eigenvalue weighted by Gasteiger charge is -2.27. The van der Waals surface area contributed by atoms with Crippen molar-refractivity contribution in [2.75, 3.05) is 26.2 Å². The summed E-state index contributed by atoms with van der Waals surface area (Å²) in [7, 11) is 0. The van der Waals surface area contributed by atoms with Crippen LogP contribution in [0.3, 0.4) is 0 Å². The van der Waals surface area contributed by atoms with Crippen LogP contribution < -0.4 is 0 Å². The van der Waals surface area contributed by atoms with Crippen molar-refractivity contribution in [1.82, 2.24) is 14.8 Å². The predicted molar refractivity (Wildman–Crippen MR) is 124 cm³/mol. The summed E-state index contributed by atoms with van der Waals surface area (Å²) in [5.74, 6) is -0.0527. The number of aromatic nitrogens is 1. The van der Waals surface area contributed by atoms with Crippen molar-refractivity contribution in [3.05, 3.63) is 67.0 Å². The molecule has 1 aliphatic rings. The molecule has 0 unspecified atom stereocenters. The van der Waals surface area contributed by atoms with Gasteiger partial charge in [0.25, 0.3) is 0 Å². The number of hydrogen-bond donors (Lipinski definition) is 0. The number of pyridine rings is 1. The number of hydrogen-bond acceptors (Lipinski definition) is 3. The summed E-state index contributed by atoms with van der Waals surface area (Å²) < 4.78 is 0. The fourth-order valence-electron chi connectivity index (χ4n) is 4.02. The van der Waals surface area contributed by atoms with Gasteiger partial charge in [0.15, 0.2) is 0 Å². The van der Waals surface area contributed by atoms with Gasteiger partial charge in [-0.05, 0) is 34.6 Å². The standard InChI is InChI=1S/C26H33N3O2/c1-5-12-28-13-14-29(24(30)17-26(2,3)4)19-23(25(28)31)16-20-8-6-9-21(15-20)22-10-7-11-27-18-22/h5-11,15,18,23H,1,12-14,16-17,19H2,2-4H3/t23-/m0/s1. The Morgan fingerprint density at radius 2 is 1.97 bits per heavy atom. The molecule has 1 aliphatic heterocycles.